The lowest BCUT2D eigenvalue weighted by molar-refractivity contribution is -0.155. The van der Waals surface area contributed by atoms with Gasteiger partial charge in [0.05, 0.1) is 6.42 Å². The van der Waals surface area contributed by atoms with Crippen molar-refractivity contribution >= 4 is 5.97 Å². The summed E-state index contributed by atoms with van der Waals surface area (Å²) in [6.07, 6.45) is 10.4. The van der Waals surface area contributed by atoms with Crippen molar-refractivity contribution in [3.05, 3.63) is 11.7 Å². The third-order valence-corrected chi connectivity index (χ3v) is 4.62. The van der Waals surface area contributed by atoms with Crippen molar-refractivity contribution in [1.29, 1.82) is 0 Å². The normalized spacial score (nSPS) is 17.7. The summed E-state index contributed by atoms with van der Waals surface area (Å²) in [4.78, 5) is 16.5. The van der Waals surface area contributed by atoms with Gasteiger partial charge in [0.25, 0.3) is 0 Å². The Morgan fingerprint density at radius 2 is 2.00 bits per heavy atom. The van der Waals surface area contributed by atoms with Crippen LogP contribution < -0.4 is 0 Å². The van der Waals surface area contributed by atoms with Crippen molar-refractivity contribution < 1.29 is 14.1 Å². The van der Waals surface area contributed by atoms with Gasteiger partial charge in [-0.05, 0) is 40.0 Å². The van der Waals surface area contributed by atoms with Gasteiger partial charge in [-0.25, -0.2) is 0 Å². The highest BCUT2D eigenvalue weighted by atomic mass is 16.6. The standard InChI is InChI=1S/C19H32N2O3/c1-14-20-18(24-21-14)16(13-17(22)23-19(2,3)4)12-8-11-15-9-6-5-7-10-15/h15-16H,5-13H2,1-4H3/t16-/m1/s1. The molecule has 0 bridgehead atoms. The number of aryl methyl sites for hydroxylation is 1. The smallest absolute Gasteiger partial charge is 0.307 e. The van der Waals surface area contributed by atoms with Crippen LogP contribution in [-0.2, 0) is 9.53 Å². The van der Waals surface area contributed by atoms with Crippen molar-refractivity contribution in [2.24, 2.45) is 5.92 Å². The summed E-state index contributed by atoms with van der Waals surface area (Å²) >= 11 is 0. The molecule has 1 saturated carbocycles. The molecule has 0 amide bonds. The summed E-state index contributed by atoms with van der Waals surface area (Å²) in [5.74, 6) is 1.81. The molecule has 1 aliphatic rings. The van der Waals surface area contributed by atoms with Crippen LogP contribution in [0.4, 0.5) is 0 Å². The third kappa shape index (κ3) is 6.62. The molecule has 0 radical (unpaired) electrons. The molecule has 2 rings (SSSR count). The lowest BCUT2D eigenvalue weighted by atomic mass is 9.84. The van der Waals surface area contributed by atoms with E-state index in [9.17, 15) is 4.79 Å². The monoisotopic (exact) mass is 336 g/mol. The Bertz CT molecular complexity index is 513. The molecular weight excluding hydrogens is 304 g/mol. The van der Waals surface area contributed by atoms with Crippen LogP contribution in [0.1, 0.15) is 96.2 Å². The highest BCUT2D eigenvalue weighted by Gasteiger charge is 2.25. The van der Waals surface area contributed by atoms with Gasteiger partial charge < -0.3 is 9.26 Å². The van der Waals surface area contributed by atoms with Gasteiger partial charge in [-0.15, -0.1) is 0 Å². The maximum absolute atomic E-state index is 12.2. The van der Waals surface area contributed by atoms with E-state index in [2.05, 4.69) is 10.1 Å². The Kier molecular flexibility index (Phi) is 6.81. The predicted molar refractivity (Wildman–Crippen MR) is 92.7 cm³/mol. The molecule has 1 aliphatic carbocycles. The lowest BCUT2D eigenvalue weighted by Crippen LogP contribution is -2.25. The van der Waals surface area contributed by atoms with E-state index in [-0.39, 0.29) is 11.9 Å². The molecule has 1 heterocycles. The molecule has 1 atom stereocenters. The number of ether oxygens (including phenoxy) is 1. The third-order valence-electron chi connectivity index (χ3n) is 4.62. The molecule has 1 aromatic rings. The second kappa shape index (κ2) is 8.63. The fourth-order valence-corrected chi connectivity index (χ4v) is 3.50. The van der Waals surface area contributed by atoms with Gasteiger partial charge in [-0.2, -0.15) is 4.98 Å². The van der Waals surface area contributed by atoms with Gasteiger partial charge in [-0.3, -0.25) is 4.79 Å². The quantitative estimate of drug-likeness (QED) is 0.660. The summed E-state index contributed by atoms with van der Waals surface area (Å²) in [6.45, 7) is 7.47. The average Bonchev–Trinajstić information content (AvgIpc) is 2.92. The number of hydrogen-bond acceptors (Lipinski definition) is 5. The summed E-state index contributed by atoms with van der Waals surface area (Å²) < 4.78 is 10.8. The average molecular weight is 336 g/mol. The van der Waals surface area contributed by atoms with E-state index in [0.29, 0.717) is 18.1 Å². The van der Waals surface area contributed by atoms with Crippen LogP contribution in [0.15, 0.2) is 4.52 Å². The van der Waals surface area contributed by atoms with E-state index < -0.39 is 5.60 Å². The zero-order valence-corrected chi connectivity index (χ0v) is 15.6. The number of nitrogens with zero attached hydrogens (tertiary/aromatic N) is 2. The first-order valence-corrected chi connectivity index (χ1v) is 9.35. The van der Waals surface area contributed by atoms with Gasteiger partial charge in [0.1, 0.15) is 5.60 Å². The van der Waals surface area contributed by atoms with Crippen molar-refractivity contribution in [3.8, 4) is 0 Å². The van der Waals surface area contributed by atoms with Crippen molar-refractivity contribution in [2.75, 3.05) is 0 Å². The number of esters is 1. The zero-order chi connectivity index (χ0) is 17.6. The maximum atomic E-state index is 12.2. The van der Waals surface area contributed by atoms with E-state index >= 15 is 0 Å². The number of rotatable bonds is 7. The van der Waals surface area contributed by atoms with Crippen LogP contribution in [0, 0.1) is 12.8 Å². The largest absolute Gasteiger partial charge is 0.460 e. The molecule has 1 aromatic heterocycles. The second-order valence-electron chi connectivity index (χ2n) is 8.10. The first-order valence-electron chi connectivity index (χ1n) is 9.35. The van der Waals surface area contributed by atoms with Crippen molar-refractivity contribution in [3.63, 3.8) is 0 Å². The van der Waals surface area contributed by atoms with Crippen molar-refractivity contribution in [1.82, 2.24) is 10.1 Å². The van der Waals surface area contributed by atoms with Crippen LogP contribution in [-0.4, -0.2) is 21.7 Å². The molecular formula is C19H32N2O3. The highest BCUT2D eigenvalue weighted by Crippen LogP contribution is 2.31. The van der Waals surface area contributed by atoms with E-state index in [1.54, 1.807) is 6.92 Å². The van der Waals surface area contributed by atoms with E-state index in [4.69, 9.17) is 9.26 Å². The second-order valence-corrected chi connectivity index (χ2v) is 8.10. The minimum absolute atomic E-state index is 0.0374. The van der Waals surface area contributed by atoms with Crippen LogP contribution in [0.2, 0.25) is 0 Å². The van der Waals surface area contributed by atoms with Crippen LogP contribution in [0.3, 0.4) is 0 Å². The van der Waals surface area contributed by atoms with E-state index in [0.717, 1.165) is 18.8 Å². The van der Waals surface area contributed by atoms with Crippen LogP contribution in [0.25, 0.3) is 0 Å². The molecule has 136 valence electrons. The molecule has 5 heteroatoms. The topological polar surface area (TPSA) is 65.2 Å². The molecule has 0 spiro atoms. The molecule has 0 aliphatic heterocycles. The molecule has 0 saturated heterocycles. The first kappa shape index (κ1) is 18.9. The Labute approximate surface area is 145 Å². The Morgan fingerprint density at radius 3 is 2.58 bits per heavy atom. The predicted octanol–water partition coefficient (Wildman–Crippen LogP) is 4.94. The van der Waals surface area contributed by atoms with Gasteiger partial charge in [0.15, 0.2) is 5.82 Å². The van der Waals surface area contributed by atoms with Crippen LogP contribution in [0.5, 0.6) is 0 Å². The van der Waals surface area contributed by atoms with Gasteiger partial charge in [0, 0.05) is 5.92 Å². The number of carbonyl (C=O) groups excluding carboxylic acids is 1. The van der Waals surface area contributed by atoms with Crippen LogP contribution >= 0.6 is 0 Å². The number of aromatic nitrogens is 2. The molecule has 0 aromatic carbocycles. The lowest BCUT2D eigenvalue weighted by Gasteiger charge is -2.23. The molecule has 5 nitrogen and oxygen atoms in total. The fraction of sp³-hybridized carbons (Fsp3) is 0.842. The number of carbonyl (C=O) groups is 1. The number of hydrogen-bond donors (Lipinski definition) is 0. The highest BCUT2D eigenvalue weighted by molar-refractivity contribution is 5.70. The van der Waals surface area contributed by atoms with Gasteiger partial charge >= 0.3 is 5.97 Å². The Balaban J connectivity index is 1.89. The minimum Gasteiger partial charge on any atom is -0.460 e. The zero-order valence-electron chi connectivity index (χ0n) is 15.6. The summed E-state index contributed by atoms with van der Waals surface area (Å²) in [6, 6.07) is 0. The van der Waals surface area contributed by atoms with Crippen molar-refractivity contribution in [2.45, 2.75) is 97.0 Å². The molecule has 24 heavy (non-hydrogen) atoms. The fourth-order valence-electron chi connectivity index (χ4n) is 3.50. The molecule has 1 fully saturated rings. The first-order chi connectivity index (χ1) is 11.3. The van der Waals surface area contributed by atoms with E-state index in [1.165, 1.54) is 38.5 Å². The van der Waals surface area contributed by atoms with E-state index in [1.807, 2.05) is 20.8 Å². The van der Waals surface area contributed by atoms with Gasteiger partial charge in [0.2, 0.25) is 5.89 Å². The van der Waals surface area contributed by atoms with Gasteiger partial charge in [-0.1, -0.05) is 50.1 Å². The molecule has 0 unspecified atom stereocenters. The SMILES string of the molecule is Cc1noc([C@H](CCCC2CCCCC2)CC(=O)OC(C)(C)C)n1. The Morgan fingerprint density at radius 1 is 1.29 bits per heavy atom. The summed E-state index contributed by atoms with van der Waals surface area (Å²) in [5.41, 5.74) is -0.464. The Hall–Kier alpha value is -1.39. The maximum Gasteiger partial charge on any atom is 0.307 e. The summed E-state index contributed by atoms with van der Waals surface area (Å²) in [7, 11) is 0. The molecule has 0 N–H and O–H groups in total. The summed E-state index contributed by atoms with van der Waals surface area (Å²) in [5, 5.41) is 3.88. The minimum atomic E-state index is -0.464.